The maximum absolute atomic E-state index is 11.8. The number of phenols is 1. The molecule has 0 atom stereocenters. The number of hydrogen-bond acceptors (Lipinski definition) is 6. The van der Waals surface area contributed by atoms with Gasteiger partial charge < -0.3 is 9.84 Å². The van der Waals surface area contributed by atoms with Crippen LogP contribution in [-0.4, -0.2) is 29.3 Å². The monoisotopic (exact) mass is 315 g/mol. The molecule has 0 fully saturated rings. The topological polar surface area (TPSA) is 114 Å². The maximum atomic E-state index is 11.8. The number of amides is 1. The Kier molecular flexibility index (Phi) is 4.88. The number of hydrogen-bond donors (Lipinski definition) is 2. The number of hydrazone groups is 1. The Labute approximate surface area is 131 Å². The van der Waals surface area contributed by atoms with E-state index in [-0.39, 0.29) is 22.7 Å². The zero-order valence-corrected chi connectivity index (χ0v) is 12.1. The van der Waals surface area contributed by atoms with Crippen molar-refractivity contribution >= 4 is 17.8 Å². The molecule has 2 aromatic rings. The third-order valence-corrected chi connectivity index (χ3v) is 2.93. The van der Waals surface area contributed by atoms with Crippen LogP contribution in [0.5, 0.6) is 11.5 Å². The van der Waals surface area contributed by atoms with Gasteiger partial charge in [0, 0.05) is 11.6 Å². The van der Waals surface area contributed by atoms with E-state index in [4.69, 9.17) is 4.74 Å². The standard InChI is InChI=1S/C15H13N3O5/c1-23-14-7-6-10(8-12(14)18(21)22)9-16-17-15(20)11-4-2-3-5-13(11)19/h2-9,19H,1H3,(H,17,20). The van der Waals surface area contributed by atoms with Crippen molar-refractivity contribution in [2.75, 3.05) is 7.11 Å². The average Bonchev–Trinajstić information content (AvgIpc) is 2.55. The van der Waals surface area contributed by atoms with Crippen molar-refractivity contribution in [2.45, 2.75) is 0 Å². The van der Waals surface area contributed by atoms with Gasteiger partial charge in [0.2, 0.25) is 0 Å². The van der Waals surface area contributed by atoms with Crippen LogP contribution >= 0.6 is 0 Å². The fraction of sp³-hybridized carbons (Fsp3) is 0.0667. The van der Waals surface area contributed by atoms with E-state index in [1.807, 2.05) is 0 Å². The highest BCUT2D eigenvalue weighted by molar-refractivity contribution is 5.97. The molecule has 0 radical (unpaired) electrons. The van der Waals surface area contributed by atoms with Crippen molar-refractivity contribution in [2.24, 2.45) is 5.10 Å². The van der Waals surface area contributed by atoms with Gasteiger partial charge in [0.15, 0.2) is 5.75 Å². The first-order valence-electron chi connectivity index (χ1n) is 6.46. The number of methoxy groups -OCH3 is 1. The molecule has 0 heterocycles. The molecule has 23 heavy (non-hydrogen) atoms. The summed E-state index contributed by atoms with van der Waals surface area (Å²) in [6.07, 6.45) is 1.25. The number of ether oxygens (including phenoxy) is 1. The number of benzene rings is 2. The Morgan fingerprint density at radius 2 is 2.09 bits per heavy atom. The molecule has 0 aliphatic rings. The number of nitrogens with zero attached hydrogens (tertiary/aromatic N) is 2. The van der Waals surface area contributed by atoms with Crippen LogP contribution in [-0.2, 0) is 0 Å². The second-order valence-electron chi connectivity index (χ2n) is 4.40. The van der Waals surface area contributed by atoms with Crippen LogP contribution in [0.4, 0.5) is 5.69 Å². The lowest BCUT2D eigenvalue weighted by Gasteiger charge is -2.03. The molecular weight excluding hydrogens is 302 g/mol. The second-order valence-corrected chi connectivity index (χ2v) is 4.40. The SMILES string of the molecule is COc1ccc(C=NNC(=O)c2ccccc2O)cc1[N+](=O)[O-]. The quantitative estimate of drug-likeness (QED) is 0.498. The van der Waals surface area contributed by atoms with Gasteiger partial charge >= 0.3 is 5.69 Å². The average molecular weight is 315 g/mol. The lowest BCUT2D eigenvalue weighted by atomic mass is 10.2. The third kappa shape index (κ3) is 3.82. The van der Waals surface area contributed by atoms with Crippen LogP contribution in [0.2, 0.25) is 0 Å². The minimum absolute atomic E-state index is 0.0744. The van der Waals surface area contributed by atoms with E-state index in [2.05, 4.69) is 10.5 Å². The van der Waals surface area contributed by atoms with Gasteiger partial charge in [-0.15, -0.1) is 0 Å². The highest BCUT2D eigenvalue weighted by Gasteiger charge is 2.14. The number of nitrogens with one attached hydrogen (secondary N) is 1. The molecule has 118 valence electrons. The summed E-state index contributed by atoms with van der Waals surface area (Å²) in [6, 6.07) is 10.3. The molecule has 2 rings (SSSR count). The van der Waals surface area contributed by atoms with Gasteiger partial charge in [-0.1, -0.05) is 12.1 Å². The molecule has 1 amide bonds. The van der Waals surface area contributed by atoms with Crippen LogP contribution in [0.3, 0.4) is 0 Å². The fourth-order valence-electron chi connectivity index (χ4n) is 1.82. The molecule has 0 unspecified atom stereocenters. The maximum Gasteiger partial charge on any atom is 0.311 e. The molecule has 0 aliphatic heterocycles. The Morgan fingerprint density at radius 1 is 1.35 bits per heavy atom. The normalized spacial score (nSPS) is 10.5. The summed E-state index contributed by atoms with van der Waals surface area (Å²) in [5, 5.41) is 24.2. The van der Waals surface area contributed by atoms with E-state index in [9.17, 15) is 20.0 Å². The minimum Gasteiger partial charge on any atom is -0.507 e. The smallest absolute Gasteiger partial charge is 0.311 e. The molecule has 8 nitrogen and oxygen atoms in total. The minimum atomic E-state index is -0.595. The Morgan fingerprint density at radius 3 is 2.74 bits per heavy atom. The zero-order valence-electron chi connectivity index (χ0n) is 12.1. The first-order valence-corrected chi connectivity index (χ1v) is 6.46. The second kappa shape index (κ2) is 7.03. The molecule has 0 saturated heterocycles. The van der Waals surface area contributed by atoms with Gasteiger partial charge in [-0.05, 0) is 24.3 Å². The van der Waals surface area contributed by atoms with Gasteiger partial charge in [0.25, 0.3) is 5.91 Å². The van der Waals surface area contributed by atoms with Gasteiger partial charge in [-0.25, -0.2) is 5.43 Å². The van der Waals surface area contributed by atoms with E-state index in [0.29, 0.717) is 5.56 Å². The Hall–Kier alpha value is -3.42. The van der Waals surface area contributed by atoms with Crippen LogP contribution in [0.15, 0.2) is 47.6 Å². The molecule has 0 aromatic heterocycles. The van der Waals surface area contributed by atoms with Crippen molar-refractivity contribution in [1.29, 1.82) is 0 Å². The number of aromatic hydroxyl groups is 1. The van der Waals surface area contributed by atoms with E-state index in [1.54, 1.807) is 18.2 Å². The van der Waals surface area contributed by atoms with Gasteiger partial charge in [0.05, 0.1) is 23.8 Å². The summed E-state index contributed by atoms with van der Waals surface area (Å²) >= 11 is 0. The summed E-state index contributed by atoms with van der Waals surface area (Å²) in [7, 11) is 1.34. The van der Waals surface area contributed by atoms with E-state index >= 15 is 0 Å². The number of carbonyl (C=O) groups is 1. The molecule has 0 aliphatic carbocycles. The summed E-state index contributed by atoms with van der Waals surface area (Å²) in [6.45, 7) is 0. The van der Waals surface area contributed by atoms with Gasteiger partial charge in [-0.2, -0.15) is 5.10 Å². The number of rotatable bonds is 5. The molecule has 2 N–H and O–H groups in total. The van der Waals surface area contributed by atoms with Gasteiger partial charge in [0.1, 0.15) is 5.75 Å². The number of nitro benzene ring substituents is 1. The number of carbonyl (C=O) groups excluding carboxylic acids is 1. The number of para-hydroxylation sites is 1. The first-order chi connectivity index (χ1) is 11.0. The predicted molar refractivity (Wildman–Crippen MR) is 82.8 cm³/mol. The highest BCUT2D eigenvalue weighted by Crippen LogP contribution is 2.26. The molecule has 0 saturated carbocycles. The largest absolute Gasteiger partial charge is 0.507 e. The van der Waals surface area contributed by atoms with Crippen molar-refractivity contribution < 1.29 is 19.6 Å². The first kappa shape index (κ1) is 16.0. The summed E-state index contributed by atoms with van der Waals surface area (Å²) < 4.78 is 4.89. The molecule has 0 spiro atoms. The molecule has 2 aromatic carbocycles. The summed E-state index contributed by atoms with van der Waals surface area (Å²) in [5.74, 6) is -0.631. The van der Waals surface area contributed by atoms with E-state index in [1.165, 1.54) is 37.6 Å². The lowest BCUT2D eigenvalue weighted by Crippen LogP contribution is -2.17. The van der Waals surface area contributed by atoms with Crippen LogP contribution in [0.1, 0.15) is 15.9 Å². The van der Waals surface area contributed by atoms with Crippen LogP contribution < -0.4 is 10.2 Å². The number of phenolic OH excluding ortho intramolecular Hbond substituents is 1. The fourth-order valence-corrected chi connectivity index (χ4v) is 1.82. The van der Waals surface area contributed by atoms with E-state index < -0.39 is 10.8 Å². The summed E-state index contributed by atoms with van der Waals surface area (Å²) in [4.78, 5) is 22.2. The van der Waals surface area contributed by atoms with Crippen LogP contribution in [0, 0.1) is 10.1 Å². The van der Waals surface area contributed by atoms with Crippen LogP contribution in [0.25, 0.3) is 0 Å². The van der Waals surface area contributed by atoms with Gasteiger partial charge in [-0.3, -0.25) is 14.9 Å². The van der Waals surface area contributed by atoms with Crippen molar-refractivity contribution in [3.05, 3.63) is 63.7 Å². The summed E-state index contributed by atoms with van der Waals surface area (Å²) in [5.41, 5.74) is 2.52. The van der Waals surface area contributed by atoms with Crippen molar-refractivity contribution in [1.82, 2.24) is 5.43 Å². The molecular formula is C15H13N3O5. The van der Waals surface area contributed by atoms with Crippen molar-refractivity contribution in [3.8, 4) is 11.5 Å². The zero-order chi connectivity index (χ0) is 16.8. The Balaban J connectivity index is 2.12. The Bertz CT molecular complexity index is 773. The molecule has 8 heteroatoms. The third-order valence-electron chi connectivity index (χ3n) is 2.93. The highest BCUT2D eigenvalue weighted by atomic mass is 16.6. The van der Waals surface area contributed by atoms with E-state index in [0.717, 1.165) is 0 Å². The lowest BCUT2D eigenvalue weighted by molar-refractivity contribution is -0.385. The predicted octanol–water partition coefficient (Wildman–Crippen LogP) is 2.07. The van der Waals surface area contributed by atoms with Crippen molar-refractivity contribution in [3.63, 3.8) is 0 Å². The molecule has 0 bridgehead atoms. The number of nitro groups is 1.